The SMILES string of the molecule is Cc1cc(Br)ccc1NC(=O)C1CC(=O)N(Cc2ccco2)C1. The Hall–Kier alpha value is -2.08. The van der Waals surface area contributed by atoms with Crippen LogP contribution in [0, 0.1) is 12.8 Å². The van der Waals surface area contributed by atoms with Crippen LogP contribution in [0.1, 0.15) is 17.7 Å². The van der Waals surface area contributed by atoms with Crippen molar-refractivity contribution in [1.29, 1.82) is 0 Å². The van der Waals surface area contributed by atoms with Gasteiger partial charge in [-0.25, -0.2) is 0 Å². The van der Waals surface area contributed by atoms with Crippen molar-refractivity contribution in [3.8, 4) is 0 Å². The summed E-state index contributed by atoms with van der Waals surface area (Å²) < 4.78 is 6.23. The minimum atomic E-state index is -0.333. The maximum absolute atomic E-state index is 12.4. The number of nitrogens with zero attached hydrogens (tertiary/aromatic N) is 1. The van der Waals surface area contributed by atoms with Crippen LogP contribution < -0.4 is 5.32 Å². The van der Waals surface area contributed by atoms with Crippen molar-refractivity contribution in [2.75, 3.05) is 11.9 Å². The molecule has 0 bridgehead atoms. The number of benzene rings is 1. The van der Waals surface area contributed by atoms with E-state index in [0.29, 0.717) is 13.1 Å². The van der Waals surface area contributed by atoms with Crippen LogP contribution in [0.15, 0.2) is 45.5 Å². The quantitative estimate of drug-likeness (QED) is 0.889. The summed E-state index contributed by atoms with van der Waals surface area (Å²) >= 11 is 3.40. The third-order valence-corrected chi connectivity index (χ3v) is 4.45. The molecule has 1 unspecified atom stereocenters. The summed E-state index contributed by atoms with van der Waals surface area (Å²) in [6, 6.07) is 9.29. The van der Waals surface area contributed by atoms with E-state index in [-0.39, 0.29) is 24.2 Å². The molecule has 1 saturated heterocycles. The summed E-state index contributed by atoms with van der Waals surface area (Å²) in [6.45, 7) is 2.76. The molecule has 0 spiro atoms. The molecular formula is C17H17BrN2O3. The van der Waals surface area contributed by atoms with E-state index in [0.717, 1.165) is 21.5 Å². The first-order valence-corrected chi connectivity index (χ1v) is 8.19. The predicted molar refractivity (Wildman–Crippen MR) is 89.7 cm³/mol. The molecule has 2 aromatic rings. The summed E-state index contributed by atoms with van der Waals surface area (Å²) in [5, 5.41) is 2.92. The van der Waals surface area contributed by atoms with Gasteiger partial charge in [-0.05, 0) is 42.8 Å². The maximum atomic E-state index is 12.4. The number of likely N-dealkylation sites (tertiary alicyclic amines) is 1. The van der Waals surface area contributed by atoms with Crippen LogP contribution in [0.3, 0.4) is 0 Å². The topological polar surface area (TPSA) is 62.6 Å². The fourth-order valence-corrected chi connectivity index (χ4v) is 3.17. The van der Waals surface area contributed by atoms with Gasteiger partial charge in [0.2, 0.25) is 11.8 Å². The van der Waals surface area contributed by atoms with Crippen molar-refractivity contribution < 1.29 is 14.0 Å². The lowest BCUT2D eigenvalue weighted by Gasteiger charge is -2.15. The molecule has 1 aromatic carbocycles. The van der Waals surface area contributed by atoms with Crippen LogP contribution in [-0.4, -0.2) is 23.3 Å². The number of aryl methyl sites for hydroxylation is 1. The number of halogens is 1. The summed E-state index contributed by atoms with van der Waals surface area (Å²) in [5.74, 6) is 0.253. The van der Waals surface area contributed by atoms with Gasteiger partial charge in [0, 0.05) is 23.1 Å². The molecule has 0 aliphatic carbocycles. The zero-order valence-electron chi connectivity index (χ0n) is 12.7. The summed E-state index contributed by atoms with van der Waals surface area (Å²) in [7, 11) is 0. The van der Waals surface area contributed by atoms with E-state index in [4.69, 9.17) is 4.42 Å². The molecule has 0 radical (unpaired) electrons. The first kappa shape index (κ1) is 15.8. The highest BCUT2D eigenvalue weighted by atomic mass is 79.9. The third kappa shape index (κ3) is 3.64. The number of amides is 2. The monoisotopic (exact) mass is 376 g/mol. The summed E-state index contributed by atoms with van der Waals surface area (Å²) in [5.41, 5.74) is 1.75. The largest absolute Gasteiger partial charge is 0.467 e. The van der Waals surface area contributed by atoms with E-state index in [1.165, 1.54) is 0 Å². The minimum Gasteiger partial charge on any atom is -0.467 e. The Morgan fingerprint density at radius 3 is 2.96 bits per heavy atom. The van der Waals surface area contributed by atoms with Gasteiger partial charge < -0.3 is 14.6 Å². The number of hydrogen-bond acceptors (Lipinski definition) is 3. The van der Waals surface area contributed by atoms with Gasteiger partial charge in [-0.15, -0.1) is 0 Å². The Labute approximate surface area is 142 Å². The molecule has 1 aliphatic heterocycles. The second kappa shape index (κ2) is 6.58. The fourth-order valence-electron chi connectivity index (χ4n) is 2.69. The van der Waals surface area contributed by atoms with E-state index in [1.807, 2.05) is 31.2 Å². The van der Waals surface area contributed by atoms with E-state index >= 15 is 0 Å². The van der Waals surface area contributed by atoms with Crippen molar-refractivity contribution in [2.45, 2.75) is 19.9 Å². The first-order chi connectivity index (χ1) is 11.0. The standard InChI is InChI=1S/C17H17BrN2O3/c1-11-7-13(18)4-5-15(11)19-17(22)12-8-16(21)20(9-12)10-14-3-2-6-23-14/h2-7,12H,8-10H2,1H3,(H,19,22). The number of rotatable bonds is 4. The second-order valence-electron chi connectivity index (χ2n) is 5.70. The normalized spacial score (nSPS) is 17.6. The first-order valence-electron chi connectivity index (χ1n) is 7.40. The van der Waals surface area contributed by atoms with Gasteiger partial charge in [0.15, 0.2) is 0 Å². The molecule has 23 heavy (non-hydrogen) atoms. The molecule has 2 heterocycles. The zero-order chi connectivity index (χ0) is 16.4. The van der Waals surface area contributed by atoms with Gasteiger partial charge in [0.1, 0.15) is 5.76 Å². The van der Waals surface area contributed by atoms with Gasteiger partial charge >= 0.3 is 0 Å². The molecule has 1 aliphatic rings. The molecule has 120 valence electrons. The van der Waals surface area contributed by atoms with Crippen LogP contribution in [0.4, 0.5) is 5.69 Å². The molecule has 2 amide bonds. The van der Waals surface area contributed by atoms with Crippen LogP contribution in [0.5, 0.6) is 0 Å². The van der Waals surface area contributed by atoms with Gasteiger partial charge in [-0.2, -0.15) is 0 Å². The van der Waals surface area contributed by atoms with Gasteiger partial charge in [-0.3, -0.25) is 9.59 Å². The lowest BCUT2D eigenvalue weighted by atomic mass is 10.1. The second-order valence-corrected chi connectivity index (χ2v) is 6.62. The van der Waals surface area contributed by atoms with E-state index in [1.54, 1.807) is 17.2 Å². The Bertz CT molecular complexity index is 727. The molecular weight excluding hydrogens is 360 g/mol. The van der Waals surface area contributed by atoms with Crippen molar-refractivity contribution in [3.05, 3.63) is 52.4 Å². The number of furan rings is 1. The third-order valence-electron chi connectivity index (χ3n) is 3.96. The summed E-state index contributed by atoms with van der Waals surface area (Å²) in [6.07, 6.45) is 1.82. The fraction of sp³-hybridized carbons (Fsp3) is 0.294. The van der Waals surface area contributed by atoms with E-state index in [2.05, 4.69) is 21.2 Å². The van der Waals surface area contributed by atoms with Gasteiger partial charge in [0.25, 0.3) is 0 Å². The highest BCUT2D eigenvalue weighted by Crippen LogP contribution is 2.24. The Morgan fingerprint density at radius 2 is 2.26 bits per heavy atom. The average molecular weight is 377 g/mol. The number of carbonyl (C=O) groups is 2. The van der Waals surface area contributed by atoms with Crippen molar-refractivity contribution in [1.82, 2.24) is 4.90 Å². The molecule has 1 N–H and O–H groups in total. The van der Waals surface area contributed by atoms with Crippen LogP contribution in [0.2, 0.25) is 0 Å². The van der Waals surface area contributed by atoms with Gasteiger partial charge in [-0.1, -0.05) is 15.9 Å². The highest BCUT2D eigenvalue weighted by Gasteiger charge is 2.34. The number of anilines is 1. The maximum Gasteiger partial charge on any atom is 0.229 e. The molecule has 1 fully saturated rings. The lowest BCUT2D eigenvalue weighted by molar-refractivity contribution is -0.128. The van der Waals surface area contributed by atoms with Crippen LogP contribution >= 0.6 is 15.9 Å². The Balaban J connectivity index is 1.63. The van der Waals surface area contributed by atoms with Crippen molar-refractivity contribution in [2.24, 2.45) is 5.92 Å². The molecule has 6 heteroatoms. The summed E-state index contributed by atoms with van der Waals surface area (Å²) in [4.78, 5) is 26.2. The average Bonchev–Trinajstić information content (AvgIpc) is 3.13. The van der Waals surface area contributed by atoms with Crippen LogP contribution in [-0.2, 0) is 16.1 Å². The molecule has 1 atom stereocenters. The number of hydrogen-bond donors (Lipinski definition) is 1. The molecule has 1 aromatic heterocycles. The molecule has 3 rings (SSSR count). The smallest absolute Gasteiger partial charge is 0.229 e. The zero-order valence-corrected chi connectivity index (χ0v) is 14.3. The van der Waals surface area contributed by atoms with E-state index < -0.39 is 0 Å². The van der Waals surface area contributed by atoms with Gasteiger partial charge in [0.05, 0.1) is 18.7 Å². The van der Waals surface area contributed by atoms with Crippen LogP contribution in [0.25, 0.3) is 0 Å². The predicted octanol–water partition coefficient (Wildman–Crippen LogP) is 3.34. The van der Waals surface area contributed by atoms with Crippen molar-refractivity contribution in [3.63, 3.8) is 0 Å². The number of nitrogens with one attached hydrogen (secondary N) is 1. The number of carbonyl (C=O) groups excluding carboxylic acids is 2. The Morgan fingerprint density at radius 1 is 1.43 bits per heavy atom. The van der Waals surface area contributed by atoms with Crippen molar-refractivity contribution >= 4 is 33.4 Å². The highest BCUT2D eigenvalue weighted by molar-refractivity contribution is 9.10. The Kier molecular flexibility index (Phi) is 4.52. The molecule has 0 saturated carbocycles. The van der Waals surface area contributed by atoms with E-state index in [9.17, 15) is 9.59 Å². The minimum absolute atomic E-state index is 0.0194. The molecule has 5 nitrogen and oxygen atoms in total. The lowest BCUT2D eigenvalue weighted by Crippen LogP contribution is -2.28.